The summed E-state index contributed by atoms with van der Waals surface area (Å²) in [5, 5.41) is 47.9. The molecule has 0 aliphatic carbocycles. The number of phenols is 1. The molecule has 5 atom stereocenters. The van der Waals surface area contributed by atoms with Gasteiger partial charge in [0.1, 0.15) is 36.8 Å². The number of phenolic OH excluding ortho intramolecular Hbond substituents is 1. The van der Waals surface area contributed by atoms with E-state index in [9.17, 15) is 25.2 Å². The standard InChI is InChI=1S/C15H20O8/c1-7-3-2-4-8(17)11(7)9(18)6-22-15-14(21)13(20)12(19)10(5-16)23-15/h2-4,10,12-17,19-21H,5-6H2,1H3/t10-,12-,13+,14-,15-/m1/s1. The summed E-state index contributed by atoms with van der Waals surface area (Å²) in [5.41, 5.74) is 0.657. The number of carbonyl (C=O) groups is 1. The lowest BCUT2D eigenvalue weighted by molar-refractivity contribution is -0.298. The minimum atomic E-state index is -1.58. The fourth-order valence-electron chi connectivity index (χ4n) is 2.45. The van der Waals surface area contributed by atoms with E-state index < -0.39 is 49.7 Å². The topological polar surface area (TPSA) is 137 Å². The second-order valence-electron chi connectivity index (χ2n) is 5.40. The van der Waals surface area contributed by atoms with Crippen molar-refractivity contribution in [2.24, 2.45) is 0 Å². The van der Waals surface area contributed by atoms with Gasteiger partial charge in [-0.25, -0.2) is 0 Å². The van der Waals surface area contributed by atoms with Gasteiger partial charge < -0.3 is 35.0 Å². The van der Waals surface area contributed by atoms with Crippen molar-refractivity contribution in [2.75, 3.05) is 13.2 Å². The van der Waals surface area contributed by atoms with Crippen molar-refractivity contribution in [2.45, 2.75) is 37.6 Å². The minimum absolute atomic E-state index is 0.0945. The van der Waals surface area contributed by atoms with Gasteiger partial charge >= 0.3 is 0 Å². The zero-order valence-electron chi connectivity index (χ0n) is 12.5. The molecule has 1 saturated heterocycles. The quantitative estimate of drug-likeness (QED) is 0.421. The third-order valence-electron chi connectivity index (χ3n) is 3.76. The van der Waals surface area contributed by atoms with E-state index in [-0.39, 0.29) is 11.3 Å². The van der Waals surface area contributed by atoms with Gasteiger partial charge in [0, 0.05) is 0 Å². The molecule has 0 spiro atoms. The average Bonchev–Trinajstić information content (AvgIpc) is 2.52. The number of aryl methyl sites for hydroxylation is 1. The number of ketones is 1. The lowest BCUT2D eigenvalue weighted by Gasteiger charge is -2.39. The molecule has 1 aliphatic rings. The van der Waals surface area contributed by atoms with E-state index in [2.05, 4.69) is 0 Å². The highest BCUT2D eigenvalue weighted by Crippen LogP contribution is 2.24. The Balaban J connectivity index is 2.03. The Morgan fingerprint density at radius 1 is 1.22 bits per heavy atom. The maximum Gasteiger partial charge on any atom is 0.192 e. The van der Waals surface area contributed by atoms with Gasteiger partial charge in [-0.15, -0.1) is 0 Å². The molecule has 1 aliphatic heterocycles. The molecule has 0 bridgehead atoms. The van der Waals surface area contributed by atoms with E-state index in [0.29, 0.717) is 5.56 Å². The molecule has 1 aromatic carbocycles. The van der Waals surface area contributed by atoms with Crippen molar-refractivity contribution in [3.05, 3.63) is 29.3 Å². The molecule has 23 heavy (non-hydrogen) atoms. The van der Waals surface area contributed by atoms with Crippen LogP contribution in [0.25, 0.3) is 0 Å². The van der Waals surface area contributed by atoms with E-state index in [1.807, 2.05) is 0 Å². The fraction of sp³-hybridized carbons (Fsp3) is 0.533. The number of ether oxygens (including phenoxy) is 2. The Labute approximate surface area is 132 Å². The Morgan fingerprint density at radius 2 is 1.91 bits per heavy atom. The number of aliphatic hydroxyl groups excluding tert-OH is 4. The zero-order chi connectivity index (χ0) is 17.1. The van der Waals surface area contributed by atoms with Crippen molar-refractivity contribution in [1.29, 1.82) is 0 Å². The first-order valence-corrected chi connectivity index (χ1v) is 7.10. The summed E-state index contributed by atoms with van der Waals surface area (Å²) >= 11 is 0. The highest BCUT2D eigenvalue weighted by atomic mass is 16.7. The third kappa shape index (κ3) is 3.69. The molecule has 1 heterocycles. The van der Waals surface area contributed by atoms with Crippen LogP contribution in [0.5, 0.6) is 5.75 Å². The monoisotopic (exact) mass is 328 g/mol. The van der Waals surface area contributed by atoms with Crippen molar-refractivity contribution in [3.63, 3.8) is 0 Å². The molecule has 0 aromatic heterocycles. The van der Waals surface area contributed by atoms with E-state index in [1.165, 1.54) is 6.07 Å². The number of aromatic hydroxyl groups is 1. The van der Waals surface area contributed by atoms with Gasteiger partial charge in [-0.1, -0.05) is 12.1 Å². The second kappa shape index (κ2) is 7.35. The van der Waals surface area contributed by atoms with Gasteiger partial charge in [0.25, 0.3) is 0 Å². The van der Waals surface area contributed by atoms with Crippen LogP contribution in [0.3, 0.4) is 0 Å². The van der Waals surface area contributed by atoms with E-state index in [4.69, 9.17) is 14.6 Å². The number of hydrogen-bond donors (Lipinski definition) is 5. The summed E-state index contributed by atoms with van der Waals surface area (Å²) in [6.45, 7) is 0.555. The number of carbonyl (C=O) groups excluding carboxylic acids is 1. The second-order valence-corrected chi connectivity index (χ2v) is 5.40. The third-order valence-corrected chi connectivity index (χ3v) is 3.76. The minimum Gasteiger partial charge on any atom is -0.507 e. The van der Waals surface area contributed by atoms with Crippen LogP contribution in [-0.4, -0.2) is 75.2 Å². The number of Topliss-reactive ketones (excluding diaryl/α,β-unsaturated/α-hetero) is 1. The van der Waals surface area contributed by atoms with Crippen molar-refractivity contribution in [3.8, 4) is 5.75 Å². The Bertz CT molecular complexity index is 538. The highest BCUT2D eigenvalue weighted by Gasteiger charge is 2.44. The first-order chi connectivity index (χ1) is 10.9. The van der Waals surface area contributed by atoms with Gasteiger partial charge in [-0.2, -0.15) is 0 Å². The van der Waals surface area contributed by atoms with Crippen LogP contribution in [-0.2, 0) is 9.47 Å². The van der Waals surface area contributed by atoms with Crippen molar-refractivity contribution in [1.82, 2.24) is 0 Å². The molecule has 0 unspecified atom stereocenters. The molecule has 8 nitrogen and oxygen atoms in total. The molecule has 8 heteroatoms. The maximum atomic E-state index is 12.1. The van der Waals surface area contributed by atoms with Gasteiger partial charge in [0.2, 0.25) is 0 Å². The normalized spacial score (nSPS) is 31.1. The first-order valence-electron chi connectivity index (χ1n) is 7.10. The van der Waals surface area contributed by atoms with Crippen molar-refractivity contribution >= 4 is 5.78 Å². The van der Waals surface area contributed by atoms with Gasteiger partial charge in [-0.05, 0) is 18.6 Å². The summed E-state index contributed by atoms with van der Waals surface area (Å²) < 4.78 is 10.3. The SMILES string of the molecule is Cc1cccc(O)c1C(=O)CO[C@@H]1O[C@H](CO)[C@@H](O)[C@H](O)[C@H]1O. The van der Waals surface area contributed by atoms with Crippen LogP contribution in [0.1, 0.15) is 15.9 Å². The molecule has 1 fully saturated rings. The Morgan fingerprint density at radius 3 is 2.52 bits per heavy atom. The van der Waals surface area contributed by atoms with Crippen molar-refractivity contribution < 1.29 is 39.8 Å². The van der Waals surface area contributed by atoms with Crippen LogP contribution in [0.2, 0.25) is 0 Å². The van der Waals surface area contributed by atoms with Gasteiger partial charge in [0.15, 0.2) is 12.1 Å². The fourth-order valence-corrected chi connectivity index (χ4v) is 2.45. The summed E-state index contributed by atoms with van der Waals surface area (Å²) in [6, 6.07) is 4.62. The molecule has 5 N–H and O–H groups in total. The van der Waals surface area contributed by atoms with E-state index in [1.54, 1.807) is 19.1 Å². The molecule has 0 radical (unpaired) electrons. The molecule has 2 rings (SSSR count). The Kier molecular flexibility index (Phi) is 5.69. The highest BCUT2D eigenvalue weighted by molar-refractivity contribution is 6.00. The van der Waals surface area contributed by atoms with Crippen LogP contribution in [0, 0.1) is 6.92 Å². The number of benzene rings is 1. The van der Waals surface area contributed by atoms with Crippen LogP contribution in [0.4, 0.5) is 0 Å². The molecule has 1 aromatic rings. The number of aliphatic hydroxyl groups is 4. The summed E-state index contributed by atoms with van der Waals surface area (Å²) in [5.74, 6) is -0.718. The lowest BCUT2D eigenvalue weighted by Crippen LogP contribution is -2.59. The summed E-state index contributed by atoms with van der Waals surface area (Å²) in [7, 11) is 0. The average molecular weight is 328 g/mol. The van der Waals surface area contributed by atoms with Gasteiger partial charge in [0.05, 0.1) is 12.2 Å². The van der Waals surface area contributed by atoms with Crippen LogP contribution in [0.15, 0.2) is 18.2 Å². The van der Waals surface area contributed by atoms with Crippen LogP contribution >= 0.6 is 0 Å². The Hall–Kier alpha value is -1.55. The molecule has 0 saturated carbocycles. The first kappa shape index (κ1) is 17.8. The van der Waals surface area contributed by atoms with Gasteiger partial charge in [-0.3, -0.25) is 4.79 Å². The number of hydrogen-bond acceptors (Lipinski definition) is 8. The smallest absolute Gasteiger partial charge is 0.192 e. The summed E-state index contributed by atoms with van der Waals surface area (Å²) in [4.78, 5) is 12.1. The summed E-state index contributed by atoms with van der Waals surface area (Å²) in [6.07, 6.45) is -7.15. The number of rotatable bonds is 5. The van der Waals surface area contributed by atoms with E-state index >= 15 is 0 Å². The largest absolute Gasteiger partial charge is 0.507 e. The molecular weight excluding hydrogens is 308 g/mol. The van der Waals surface area contributed by atoms with Crippen LogP contribution < -0.4 is 0 Å². The molecule has 0 amide bonds. The molecular formula is C15H20O8. The predicted molar refractivity (Wildman–Crippen MR) is 76.9 cm³/mol. The van der Waals surface area contributed by atoms with E-state index in [0.717, 1.165) is 0 Å². The molecule has 128 valence electrons. The zero-order valence-corrected chi connectivity index (χ0v) is 12.5. The predicted octanol–water partition coefficient (Wildman–Crippen LogP) is -1.30. The maximum absolute atomic E-state index is 12.1. The lowest BCUT2D eigenvalue weighted by atomic mass is 9.99.